The smallest absolute Gasteiger partial charge is 0.0387 e. The van der Waals surface area contributed by atoms with E-state index < -0.39 is 0 Å². The van der Waals surface area contributed by atoms with Crippen molar-refractivity contribution in [1.29, 1.82) is 0 Å². The van der Waals surface area contributed by atoms with E-state index in [0.29, 0.717) is 0 Å². The van der Waals surface area contributed by atoms with Gasteiger partial charge in [0.2, 0.25) is 0 Å². The van der Waals surface area contributed by atoms with Crippen LogP contribution in [0.4, 0.5) is 11.4 Å². The number of anilines is 2. The monoisotopic (exact) mass is 259 g/mol. The van der Waals surface area contributed by atoms with Crippen molar-refractivity contribution in [3.05, 3.63) is 24.3 Å². The first kappa shape index (κ1) is 12.8. The van der Waals surface area contributed by atoms with Crippen LogP contribution in [0.1, 0.15) is 25.7 Å². The molecular weight excluding hydrogens is 234 g/mol. The Kier molecular flexibility index (Phi) is 3.92. The lowest BCUT2D eigenvalue weighted by Crippen LogP contribution is -2.47. The highest BCUT2D eigenvalue weighted by molar-refractivity contribution is 5.56. The van der Waals surface area contributed by atoms with Gasteiger partial charge < -0.3 is 10.6 Å². The molecule has 0 bridgehead atoms. The predicted molar refractivity (Wildman–Crippen MR) is 81.5 cm³/mol. The van der Waals surface area contributed by atoms with Crippen molar-refractivity contribution >= 4 is 11.4 Å². The second-order valence-electron chi connectivity index (χ2n) is 6.03. The van der Waals surface area contributed by atoms with Crippen LogP contribution in [-0.2, 0) is 0 Å². The van der Waals surface area contributed by atoms with Gasteiger partial charge in [0.05, 0.1) is 0 Å². The summed E-state index contributed by atoms with van der Waals surface area (Å²) in [4.78, 5) is 5.11. The molecule has 2 fully saturated rings. The average Bonchev–Trinajstić information content (AvgIpc) is 2.92. The largest absolute Gasteiger partial charge is 0.399 e. The van der Waals surface area contributed by atoms with Crippen molar-refractivity contribution < 1.29 is 0 Å². The van der Waals surface area contributed by atoms with Gasteiger partial charge in [-0.15, -0.1) is 0 Å². The molecule has 1 heterocycles. The molecule has 1 aliphatic heterocycles. The van der Waals surface area contributed by atoms with Gasteiger partial charge in [-0.3, -0.25) is 4.90 Å². The molecule has 0 radical (unpaired) electrons. The quantitative estimate of drug-likeness (QED) is 0.847. The summed E-state index contributed by atoms with van der Waals surface area (Å²) >= 11 is 0. The van der Waals surface area contributed by atoms with Gasteiger partial charge in [0.15, 0.2) is 0 Å². The summed E-state index contributed by atoms with van der Waals surface area (Å²) in [6.45, 7) is 5.99. The van der Waals surface area contributed by atoms with E-state index in [1.54, 1.807) is 0 Å². The maximum atomic E-state index is 5.86. The summed E-state index contributed by atoms with van der Waals surface area (Å²) < 4.78 is 0. The predicted octanol–water partition coefficient (Wildman–Crippen LogP) is 2.58. The van der Waals surface area contributed by atoms with E-state index in [-0.39, 0.29) is 0 Å². The summed E-state index contributed by atoms with van der Waals surface area (Å²) in [5.74, 6) is 0.971. The third-order valence-electron chi connectivity index (χ3n) is 4.60. The molecule has 104 valence electrons. The zero-order valence-electron chi connectivity index (χ0n) is 11.7. The van der Waals surface area contributed by atoms with E-state index in [4.69, 9.17) is 5.73 Å². The Morgan fingerprint density at radius 1 is 1.05 bits per heavy atom. The Morgan fingerprint density at radius 3 is 2.47 bits per heavy atom. The van der Waals surface area contributed by atoms with Gasteiger partial charge in [0.25, 0.3) is 0 Å². The van der Waals surface area contributed by atoms with E-state index in [0.717, 1.165) is 24.7 Å². The number of benzene rings is 1. The van der Waals surface area contributed by atoms with E-state index in [9.17, 15) is 0 Å². The molecule has 1 saturated carbocycles. The molecule has 2 N–H and O–H groups in total. The van der Waals surface area contributed by atoms with Crippen LogP contribution in [0.25, 0.3) is 0 Å². The Hall–Kier alpha value is -1.22. The molecule has 3 nitrogen and oxygen atoms in total. The van der Waals surface area contributed by atoms with Gasteiger partial charge in [0, 0.05) is 44.1 Å². The lowest BCUT2D eigenvalue weighted by Gasteiger charge is -2.37. The summed E-state index contributed by atoms with van der Waals surface area (Å²) in [5.41, 5.74) is 8.01. The lowest BCUT2D eigenvalue weighted by atomic mass is 10.1. The van der Waals surface area contributed by atoms with Crippen LogP contribution in [0.15, 0.2) is 24.3 Å². The first-order valence-corrected chi connectivity index (χ1v) is 7.64. The van der Waals surface area contributed by atoms with Gasteiger partial charge in [-0.25, -0.2) is 0 Å². The minimum atomic E-state index is 0.867. The number of hydrogen-bond donors (Lipinski definition) is 1. The maximum Gasteiger partial charge on any atom is 0.0387 e. The molecule has 0 unspecified atom stereocenters. The zero-order chi connectivity index (χ0) is 13.1. The van der Waals surface area contributed by atoms with Crippen molar-refractivity contribution in [2.75, 3.05) is 43.4 Å². The first-order chi connectivity index (χ1) is 9.31. The lowest BCUT2D eigenvalue weighted by molar-refractivity contribution is 0.220. The van der Waals surface area contributed by atoms with Crippen LogP contribution in [0.5, 0.6) is 0 Å². The molecule has 2 aliphatic rings. The molecular formula is C16H25N3. The van der Waals surface area contributed by atoms with Gasteiger partial charge in [0.1, 0.15) is 0 Å². The number of hydrogen-bond acceptors (Lipinski definition) is 3. The standard InChI is InChI=1S/C16H25N3/c17-15-6-3-7-16(12-15)19-10-8-18(9-11-19)13-14-4-1-2-5-14/h3,6-7,12,14H,1-2,4-5,8-11,13,17H2. The third kappa shape index (κ3) is 3.21. The van der Waals surface area contributed by atoms with Gasteiger partial charge >= 0.3 is 0 Å². The van der Waals surface area contributed by atoms with Crippen LogP contribution < -0.4 is 10.6 Å². The molecule has 3 heteroatoms. The third-order valence-corrected chi connectivity index (χ3v) is 4.60. The topological polar surface area (TPSA) is 32.5 Å². The summed E-state index contributed by atoms with van der Waals surface area (Å²) in [5, 5.41) is 0. The Labute approximate surface area is 116 Å². The fourth-order valence-corrected chi connectivity index (χ4v) is 3.47. The second-order valence-corrected chi connectivity index (χ2v) is 6.03. The highest BCUT2D eigenvalue weighted by Crippen LogP contribution is 2.26. The van der Waals surface area contributed by atoms with Crippen LogP contribution in [0.2, 0.25) is 0 Å². The van der Waals surface area contributed by atoms with Crippen LogP contribution in [-0.4, -0.2) is 37.6 Å². The highest BCUT2D eigenvalue weighted by atomic mass is 15.3. The normalized spacial score (nSPS) is 22.0. The number of rotatable bonds is 3. The van der Waals surface area contributed by atoms with Crippen molar-refractivity contribution in [2.45, 2.75) is 25.7 Å². The molecule has 1 aromatic carbocycles. The molecule has 1 aliphatic carbocycles. The molecule has 3 rings (SSSR count). The molecule has 1 aromatic rings. The van der Waals surface area contributed by atoms with E-state index in [2.05, 4.69) is 28.0 Å². The molecule has 0 amide bonds. The maximum absolute atomic E-state index is 5.86. The number of nitrogens with zero attached hydrogens (tertiary/aromatic N) is 2. The molecule has 19 heavy (non-hydrogen) atoms. The SMILES string of the molecule is Nc1cccc(N2CCN(CC3CCCC3)CC2)c1. The fraction of sp³-hybridized carbons (Fsp3) is 0.625. The van der Waals surface area contributed by atoms with Crippen molar-refractivity contribution in [2.24, 2.45) is 5.92 Å². The molecule has 0 aromatic heterocycles. The van der Waals surface area contributed by atoms with Crippen molar-refractivity contribution in [3.8, 4) is 0 Å². The van der Waals surface area contributed by atoms with E-state index in [1.165, 1.54) is 51.0 Å². The summed E-state index contributed by atoms with van der Waals surface area (Å²) in [6, 6.07) is 8.27. The van der Waals surface area contributed by atoms with Crippen molar-refractivity contribution in [1.82, 2.24) is 4.90 Å². The Morgan fingerprint density at radius 2 is 1.79 bits per heavy atom. The Bertz CT molecular complexity index is 404. The van der Waals surface area contributed by atoms with Gasteiger partial charge in [-0.1, -0.05) is 18.9 Å². The van der Waals surface area contributed by atoms with Gasteiger partial charge in [-0.2, -0.15) is 0 Å². The molecule has 0 spiro atoms. The average molecular weight is 259 g/mol. The fourth-order valence-electron chi connectivity index (χ4n) is 3.47. The zero-order valence-corrected chi connectivity index (χ0v) is 11.7. The van der Waals surface area contributed by atoms with E-state index >= 15 is 0 Å². The van der Waals surface area contributed by atoms with Gasteiger partial charge in [-0.05, 0) is 37.0 Å². The summed E-state index contributed by atoms with van der Waals surface area (Å²) in [7, 11) is 0. The van der Waals surface area contributed by atoms with Crippen molar-refractivity contribution in [3.63, 3.8) is 0 Å². The van der Waals surface area contributed by atoms with Crippen LogP contribution >= 0.6 is 0 Å². The minimum absolute atomic E-state index is 0.867. The van der Waals surface area contributed by atoms with Crippen LogP contribution in [0, 0.1) is 5.92 Å². The Balaban J connectivity index is 1.51. The molecule has 1 saturated heterocycles. The van der Waals surface area contributed by atoms with E-state index in [1.807, 2.05) is 6.07 Å². The first-order valence-electron chi connectivity index (χ1n) is 7.64. The number of nitrogens with two attached hydrogens (primary N) is 1. The number of piperazine rings is 1. The second kappa shape index (κ2) is 5.83. The minimum Gasteiger partial charge on any atom is -0.399 e. The highest BCUT2D eigenvalue weighted by Gasteiger charge is 2.22. The van der Waals surface area contributed by atoms with Crippen LogP contribution in [0.3, 0.4) is 0 Å². The molecule has 0 atom stereocenters. The summed E-state index contributed by atoms with van der Waals surface area (Å²) in [6.07, 6.45) is 5.81. The number of nitrogen functional groups attached to an aromatic ring is 1.